The zero-order chi connectivity index (χ0) is 24.8. The first-order chi connectivity index (χ1) is 17.5. The summed E-state index contributed by atoms with van der Waals surface area (Å²) in [6, 6.07) is 25.8. The van der Waals surface area contributed by atoms with Crippen molar-refractivity contribution < 1.29 is 0 Å². The first kappa shape index (κ1) is 23.3. The summed E-state index contributed by atoms with van der Waals surface area (Å²) in [4.78, 5) is 0.751. The largest absolute Gasteiger partial charge is 0.345 e. The number of para-hydroxylation sites is 1. The Hall–Kier alpha value is -3.15. The minimum absolute atomic E-state index is 0.751. The summed E-state index contributed by atoms with van der Waals surface area (Å²) in [5, 5.41) is 3.58. The molecule has 1 aliphatic rings. The van der Waals surface area contributed by atoms with Crippen LogP contribution in [0.15, 0.2) is 83.5 Å². The van der Waals surface area contributed by atoms with Gasteiger partial charge in [-0.2, -0.15) is 0 Å². The average molecular weight is 555 g/mol. The van der Waals surface area contributed by atoms with Gasteiger partial charge in [0, 0.05) is 34.0 Å². The van der Waals surface area contributed by atoms with Crippen molar-refractivity contribution in [3.05, 3.63) is 106 Å². The Labute approximate surface area is 225 Å². The number of rotatable bonds is 4. The maximum atomic E-state index is 6.16. The molecule has 0 amide bonds. The maximum Gasteiger partial charge on any atom is 0.128 e. The molecule has 2 aromatic heterocycles. The first-order valence-electron chi connectivity index (χ1n) is 12.5. The smallest absolute Gasteiger partial charge is 0.128 e. The standard InChI is InChI=1S/C31H28BrN3S/c1-20-10-12-23(13-11-20)28-25-8-5-6-18-34-27(22-14-16-24(32)17-15-22)19-35(31(25)34)29(28)30(36)33-26-9-4-3-7-21(26)2/h3-4,7,9-17,19H,5-6,8,18H2,1-2H3,(H,33,36). The van der Waals surface area contributed by atoms with E-state index in [1.807, 2.05) is 0 Å². The van der Waals surface area contributed by atoms with Crippen LogP contribution in [0, 0.1) is 13.8 Å². The van der Waals surface area contributed by atoms with Gasteiger partial charge in [0.15, 0.2) is 0 Å². The van der Waals surface area contributed by atoms with Gasteiger partial charge >= 0.3 is 0 Å². The van der Waals surface area contributed by atoms with E-state index in [4.69, 9.17) is 12.2 Å². The Morgan fingerprint density at radius 3 is 2.36 bits per heavy atom. The van der Waals surface area contributed by atoms with Crippen molar-refractivity contribution >= 4 is 44.5 Å². The highest BCUT2D eigenvalue weighted by atomic mass is 79.9. The number of thiocarbonyl (C=S) groups is 1. The summed E-state index contributed by atoms with van der Waals surface area (Å²) in [5.41, 5.74) is 12.2. The Kier molecular flexibility index (Phi) is 6.06. The molecule has 5 heteroatoms. The topological polar surface area (TPSA) is 21.4 Å². The zero-order valence-electron chi connectivity index (χ0n) is 20.5. The molecule has 5 aromatic rings. The second-order valence-electron chi connectivity index (χ2n) is 9.66. The molecule has 0 radical (unpaired) electrons. The van der Waals surface area contributed by atoms with Gasteiger partial charge in [-0.15, -0.1) is 0 Å². The van der Waals surface area contributed by atoms with Crippen LogP contribution in [-0.4, -0.2) is 14.0 Å². The van der Waals surface area contributed by atoms with Gasteiger partial charge in [-0.3, -0.25) is 4.40 Å². The van der Waals surface area contributed by atoms with Crippen LogP contribution < -0.4 is 5.32 Å². The summed E-state index contributed by atoms with van der Waals surface area (Å²) in [7, 11) is 0. The van der Waals surface area contributed by atoms with Crippen LogP contribution in [-0.2, 0) is 13.0 Å². The van der Waals surface area contributed by atoms with Gasteiger partial charge in [0.25, 0.3) is 0 Å². The molecule has 0 bridgehead atoms. The molecule has 0 spiro atoms. The Bertz CT molecular complexity index is 1590. The number of aromatic nitrogens is 2. The van der Waals surface area contributed by atoms with E-state index >= 15 is 0 Å². The van der Waals surface area contributed by atoms with Crippen molar-refractivity contribution in [3.63, 3.8) is 0 Å². The van der Waals surface area contributed by atoms with Gasteiger partial charge in [0.05, 0.1) is 11.4 Å². The van der Waals surface area contributed by atoms with E-state index in [2.05, 4.69) is 123 Å². The summed E-state index contributed by atoms with van der Waals surface area (Å²) in [6.45, 7) is 5.26. The van der Waals surface area contributed by atoms with Crippen LogP contribution in [0.5, 0.6) is 0 Å². The summed E-state index contributed by atoms with van der Waals surface area (Å²) < 4.78 is 5.94. The van der Waals surface area contributed by atoms with E-state index in [-0.39, 0.29) is 0 Å². The summed E-state index contributed by atoms with van der Waals surface area (Å²) in [5.74, 6) is 0. The number of nitrogens with one attached hydrogen (secondary N) is 1. The Morgan fingerprint density at radius 2 is 1.61 bits per heavy atom. The molecule has 3 heterocycles. The van der Waals surface area contributed by atoms with Gasteiger partial charge in [-0.1, -0.05) is 88.3 Å². The molecular formula is C31H28BrN3S. The first-order valence-corrected chi connectivity index (χ1v) is 13.7. The van der Waals surface area contributed by atoms with E-state index < -0.39 is 0 Å². The van der Waals surface area contributed by atoms with Crippen molar-refractivity contribution in [3.8, 4) is 22.4 Å². The molecule has 0 atom stereocenters. The number of hydrogen-bond donors (Lipinski definition) is 1. The summed E-state index contributed by atoms with van der Waals surface area (Å²) in [6.07, 6.45) is 5.66. The second-order valence-corrected chi connectivity index (χ2v) is 11.0. The lowest BCUT2D eigenvalue weighted by atomic mass is 9.97. The zero-order valence-corrected chi connectivity index (χ0v) is 22.9. The van der Waals surface area contributed by atoms with Crippen LogP contribution in [0.1, 0.15) is 35.2 Å². The number of imidazole rings is 1. The fraction of sp³-hybridized carbons (Fsp3) is 0.194. The number of nitrogens with zero attached hydrogens (tertiary/aromatic N) is 2. The lowest BCUT2D eigenvalue weighted by molar-refractivity contribution is 0.647. The number of benzene rings is 3. The molecule has 0 saturated heterocycles. The van der Waals surface area contributed by atoms with Gasteiger partial charge in [-0.25, -0.2) is 0 Å². The predicted molar refractivity (Wildman–Crippen MR) is 158 cm³/mol. The van der Waals surface area contributed by atoms with E-state index in [0.29, 0.717) is 0 Å². The van der Waals surface area contributed by atoms with Crippen LogP contribution >= 0.6 is 28.1 Å². The third-order valence-corrected chi connectivity index (χ3v) is 8.05. The molecule has 3 nitrogen and oxygen atoms in total. The minimum atomic E-state index is 0.751. The number of halogens is 1. The average Bonchev–Trinajstić information content (AvgIpc) is 3.29. The lowest BCUT2D eigenvalue weighted by Gasteiger charge is -2.14. The van der Waals surface area contributed by atoms with Gasteiger partial charge in [-0.05, 0) is 68.0 Å². The van der Waals surface area contributed by atoms with E-state index in [9.17, 15) is 0 Å². The van der Waals surface area contributed by atoms with Crippen LogP contribution in [0.4, 0.5) is 5.69 Å². The monoisotopic (exact) mass is 553 g/mol. The molecule has 0 fully saturated rings. The second kappa shape index (κ2) is 9.38. The molecule has 180 valence electrons. The number of aryl methyl sites for hydroxylation is 4. The fourth-order valence-corrected chi connectivity index (χ4v) is 5.96. The van der Waals surface area contributed by atoms with Gasteiger partial charge < -0.3 is 9.88 Å². The summed E-state index contributed by atoms with van der Waals surface area (Å²) >= 11 is 9.74. The number of anilines is 1. The molecule has 36 heavy (non-hydrogen) atoms. The Balaban J connectivity index is 1.62. The third kappa shape index (κ3) is 4.00. The SMILES string of the molecule is Cc1ccc(-c2c3c4n(c(-c5ccc(Br)cc5)cn4c2C(=S)Nc2ccccc2C)CCCC3)cc1. The van der Waals surface area contributed by atoms with Crippen molar-refractivity contribution in [1.82, 2.24) is 8.97 Å². The van der Waals surface area contributed by atoms with Crippen molar-refractivity contribution in [2.45, 2.75) is 39.7 Å². The van der Waals surface area contributed by atoms with Crippen molar-refractivity contribution in [2.24, 2.45) is 0 Å². The quantitative estimate of drug-likeness (QED) is 0.225. The normalized spacial score (nSPS) is 13.1. The van der Waals surface area contributed by atoms with Crippen LogP contribution in [0.3, 0.4) is 0 Å². The van der Waals surface area contributed by atoms with Crippen molar-refractivity contribution in [2.75, 3.05) is 5.32 Å². The van der Waals surface area contributed by atoms with E-state index in [1.165, 1.54) is 44.7 Å². The predicted octanol–water partition coefficient (Wildman–Crippen LogP) is 8.58. The maximum absolute atomic E-state index is 6.16. The lowest BCUT2D eigenvalue weighted by Crippen LogP contribution is -2.14. The molecule has 0 unspecified atom stereocenters. The third-order valence-electron chi connectivity index (χ3n) is 7.22. The molecule has 1 aliphatic heterocycles. The fourth-order valence-electron chi connectivity index (χ4n) is 5.39. The highest BCUT2D eigenvalue weighted by molar-refractivity contribution is 9.10. The molecule has 1 N–H and O–H groups in total. The van der Waals surface area contributed by atoms with E-state index in [1.54, 1.807) is 0 Å². The Morgan fingerprint density at radius 1 is 0.889 bits per heavy atom. The van der Waals surface area contributed by atoms with Crippen molar-refractivity contribution in [1.29, 1.82) is 0 Å². The molecule has 3 aromatic carbocycles. The highest BCUT2D eigenvalue weighted by Crippen LogP contribution is 2.40. The van der Waals surface area contributed by atoms with Crippen LogP contribution in [0.25, 0.3) is 28.0 Å². The molecule has 6 rings (SSSR count). The van der Waals surface area contributed by atoms with Gasteiger partial charge in [0.2, 0.25) is 0 Å². The molecular weight excluding hydrogens is 526 g/mol. The highest BCUT2D eigenvalue weighted by Gasteiger charge is 2.28. The number of hydrogen-bond acceptors (Lipinski definition) is 1. The minimum Gasteiger partial charge on any atom is -0.345 e. The van der Waals surface area contributed by atoms with Crippen LogP contribution in [0.2, 0.25) is 0 Å². The molecule has 0 aliphatic carbocycles. The van der Waals surface area contributed by atoms with Gasteiger partial charge in [0.1, 0.15) is 10.6 Å². The molecule has 0 saturated carbocycles. The van der Waals surface area contributed by atoms with E-state index in [0.717, 1.165) is 46.6 Å².